The Hall–Kier alpha value is -1.22. The van der Waals surface area contributed by atoms with Gasteiger partial charge in [-0.15, -0.1) is 0 Å². The van der Waals surface area contributed by atoms with E-state index in [1.54, 1.807) is 7.11 Å². The summed E-state index contributed by atoms with van der Waals surface area (Å²) in [6.45, 7) is 4.50. The van der Waals surface area contributed by atoms with E-state index in [-0.39, 0.29) is 11.6 Å². The van der Waals surface area contributed by atoms with Gasteiger partial charge in [-0.3, -0.25) is 0 Å². The van der Waals surface area contributed by atoms with Gasteiger partial charge < -0.3 is 15.2 Å². The summed E-state index contributed by atoms with van der Waals surface area (Å²) < 4.78 is 11.5. The molecule has 0 saturated heterocycles. The van der Waals surface area contributed by atoms with Crippen LogP contribution in [0.3, 0.4) is 0 Å². The number of ether oxygens (including phenoxy) is 2. The Morgan fingerprint density at radius 2 is 2.06 bits per heavy atom. The molecule has 0 amide bonds. The summed E-state index contributed by atoms with van der Waals surface area (Å²) in [6, 6.07) is 5.95. The van der Waals surface area contributed by atoms with E-state index in [0.717, 1.165) is 23.5 Å². The molecule has 1 aliphatic carbocycles. The van der Waals surface area contributed by atoms with Crippen LogP contribution in [0.5, 0.6) is 11.5 Å². The predicted octanol–water partition coefficient (Wildman–Crippen LogP) is 3.04. The standard InChI is InChI=1S/C15H21NO2/c1-14(6-7-14)15(2)9-12(16)11-8-10(17-3)4-5-13(11)18-15/h4-5,8,12H,6-7,9,16H2,1-3H3. The van der Waals surface area contributed by atoms with Crippen molar-refractivity contribution in [3.8, 4) is 11.5 Å². The Kier molecular flexibility index (Phi) is 2.39. The zero-order valence-corrected chi connectivity index (χ0v) is 11.3. The van der Waals surface area contributed by atoms with Gasteiger partial charge >= 0.3 is 0 Å². The first-order valence-corrected chi connectivity index (χ1v) is 6.60. The summed E-state index contributed by atoms with van der Waals surface area (Å²) >= 11 is 0. The smallest absolute Gasteiger partial charge is 0.125 e. The SMILES string of the molecule is COc1ccc2c(c1)C(N)CC(C)(C1(C)CC1)O2. The van der Waals surface area contributed by atoms with Gasteiger partial charge in [-0.2, -0.15) is 0 Å². The molecule has 0 spiro atoms. The highest BCUT2D eigenvalue weighted by atomic mass is 16.5. The number of benzene rings is 1. The summed E-state index contributed by atoms with van der Waals surface area (Å²) in [4.78, 5) is 0. The highest BCUT2D eigenvalue weighted by Crippen LogP contribution is 2.59. The van der Waals surface area contributed by atoms with E-state index in [2.05, 4.69) is 13.8 Å². The molecule has 1 aromatic carbocycles. The molecule has 0 bridgehead atoms. The highest BCUT2D eigenvalue weighted by molar-refractivity contribution is 5.44. The van der Waals surface area contributed by atoms with Gasteiger partial charge in [-0.1, -0.05) is 6.92 Å². The number of hydrogen-bond donors (Lipinski definition) is 1. The van der Waals surface area contributed by atoms with Crippen LogP contribution in [0.15, 0.2) is 18.2 Å². The van der Waals surface area contributed by atoms with Crippen molar-refractivity contribution in [3.63, 3.8) is 0 Å². The second-order valence-electron chi connectivity index (χ2n) is 6.11. The Morgan fingerprint density at radius 3 is 2.67 bits per heavy atom. The second kappa shape index (κ2) is 3.64. The Balaban J connectivity index is 1.98. The van der Waals surface area contributed by atoms with Gasteiger partial charge in [0.2, 0.25) is 0 Å². The van der Waals surface area contributed by atoms with E-state index in [1.165, 1.54) is 12.8 Å². The maximum atomic E-state index is 6.33. The average Bonchev–Trinajstić information content (AvgIpc) is 3.09. The lowest BCUT2D eigenvalue weighted by molar-refractivity contribution is -0.00902. The van der Waals surface area contributed by atoms with Gasteiger partial charge in [0.1, 0.15) is 17.1 Å². The molecule has 2 aliphatic rings. The van der Waals surface area contributed by atoms with Crippen molar-refractivity contribution in [2.45, 2.75) is 44.8 Å². The molecule has 2 unspecified atom stereocenters. The van der Waals surface area contributed by atoms with Gasteiger partial charge in [-0.05, 0) is 38.0 Å². The lowest BCUT2D eigenvalue weighted by atomic mass is 9.78. The molecule has 3 heteroatoms. The summed E-state index contributed by atoms with van der Waals surface area (Å²) in [7, 11) is 1.67. The van der Waals surface area contributed by atoms with Gasteiger partial charge in [-0.25, -0.2) is 0 Å². The van der Waals surface area contributed by atoms with Gasteiger partial charge in [0.25, 0.3) is 0 Å². The Morgan fingerprint density at radius 1 is 1.33 bits per heavy atom. The minimum Gasteiger partial charge on any atom is -0.497 e. The number of fused-ring (bicyclic) bond motifs is 1. The van der Waals surface area contributed by atoms with Crippen molar-refractivity contribution in [2.75, 3.05) is 7.11 Å². The molecule has 0 radical (unpaired) electrons. The monoisotopic (exact) mass is 247 g/mol. The number of nitrogens with two attached hydrogens (primary N) is 1. The van der Waals surface area contributed by atoms with Crippen LogP contribution in [0, 0.1) is 5.41 Å². The first-order chi connectivity index (χ1) is 8.47. The van der Waals surface area contributed by atoms with Crippen LogP contribution in [0.2, 0.25) is 0 Å². The van der Waals surface area contributed by atoms with Gasteiger partial charge in [0.05, 0.1) is 7.11 Å². The summed E-state index contributed by atoms with van der Waals surface area (Å²) in [5.41, 5.74) is 7.56. The normalized spacial score (nSPS) is 32.3. The maximum Gasteiger partial charge on any atom is 0.125 e. The predicted molar refractivity (Wildman–Crippen MR) is 70.9 cm³/mol. The van der Waals surface area contributed by atoms with E-state index in [9.17, 15) is 0 Å². The lowest BCUT2D eigenvalue weighted by Gasteiger charge is -2.43. The molecule has 3 rings (SSSR count). The topological polar surface area (TPSA) is 44.5 Å². The molecule has 1 fully saturated rings. The molecule has 3 nitrogen and oxygen atoms in total. The molecule has 18 heavy (non-hydrogen) atoms. The van der Waals surface area contributed by atoms with E-state index >= 15 is 0 Å². The molecule has 2 N–H and O–H groups in total. The fraction of sp³-hybridized carbons (Fsp3) is 0.600. The number of methoxy groups -OCH3 is 1. The van der Waals surface area contributed by atoms with Crippen LogP contribution < -0.4 is 15.2 Å². The average molecular weight is 247 g/mol. The zero-order chi connectivity index (χ0) is 13.0. The molecular formula is C15H21NO2. The quantitative estimate of drug-likeness (QED) is 0.873. The van der Waals surface area contributed by atoms with Crippen molar-refractivity contribution in [1.82, 2.24) is 0 Å². The van der Waals surface area contributed by atoms with E-state index in [1.807, 2.05) is 18.2 Å². The zero-order valence-electron chi connectivity index (χ0n) is 11.3. The van der Waals surface area contributed by atoms with Gasteiger partial charge in [0.15, 0.2) is 0 Å². The molecule has 1 aromatic rings. The summed E-state index contributed by atoms with van der Waals surface area (Å²) in [5, 5.41) is 0. The minimum atomic E-state index is -0.131. The largest absolute Gasteiger partial charge is 0.497 e. The number of hydrogen-bond acceptors (Lipinski definition) is 3. The molecule has 1 saturated carbocycles. The number of rotatable bonds is 2. The van der Waals surface area contributed by atoms with Crippen LogP contribution in [0.1, 0.15) is 44.7 Å². The fourth-order valence-corrected chi connectivity index (χ4v) is 2.94. The third-order valence-corrected chi connectivity index (χ3v) is 4.84. The maximum absolute atomic E-state index is 6.33. The summed E-state index contributed by atoms with van der Waals surface area (Å²) in [6.07, 6.45) is 3.35. The van der Waals surface area contributed by atoms with Crippen LogP contribution in [-0.2, 0) is 0 Å². The third-order valence-electron chi connectivity index (χ3n) is 4.84. The van der Waals surface area contributed by atoms with Crippen LogP contribution >= 0.6 is 0 Å². The van der Waals surface area contributed by atoms with Crippen molar-refractivity contribution in [2.24, 2.45) is 11.1 Å². The van der Waals surface area contributed by atoms with E-state index in [4.69, 9.17) is 15.2 Å². The Labute approximate surface area is 108 Å². The molecule has 1 heterocycles. The van der Waals surface area contributed by atoms with Crippen molar-refractivity contribution >= 4 is 0 Å². The fourth-order valence-electron chi connectivity index (χ4n) is 2.94. The summed E-state index contributed by atoms with van der Waals surface area (Å²) in [5.74, 6) is 1.76. The van der Waals surface area contributed by atoms with E-state index < -0.39 is 0 Å². The molecule has 0 aromatic heterocycles. The van der Waals surface area contributed by atoms with Gasteiger partial charge in [0, 0.05) is 23.4 Å². The van der Waals surface area contributed by atoms with Crippen molar-refractivity contribution < 1.29 is 9.47 Å². The van der Waals surface area contributed by atoms with Crippen LogP contribution in [0.25, 0.3) is 0 Å². The van der Waals surface area contributed by atoms with Crippen LogP contribution in [-0.4, -0.2) is 12.7 Å². The first kappa shape index (κ1) is 11.8. The molecule has 2 atom stereocenters. The molecule has 98 valence electrons. The molecule has 1 aliphatic heterocycles. The van der Waals surface area contributed by atoms with Crippen molar-refractivity contribution in [3.05, 3.63) is 23.8 Å². The third kappa shape index (κ3) is 1.61. The highest BCUT2D eigenvalue weighted by Gasteiger charge is 2.57. The van der Waals surface area contributed by atoms with Crippen molar-refractivity contribution in [1.29, 1.82) is 0 Å². The first-order valence-electron chi connectivity index (χ1n) is 6.60. The van der Waals surface area contributed by atoms with Crippen LogP contribution in [0.4, 0.5) is 0 Å². The Bertz CT molecular complexity index is 481. The minimum absolute atomic E-state index is 0.0336. The van der Waals surface area contributed by atoms with E-state index in [0.29, 0.717) is 5.41 Å². The second-order valence-corrected chi connectivity index (χ2v) is 6.11. The lowest BCUT2D eigenvalue weighted by Crippen LogP contribution is -2.46. The molecular weight excluding hydrogens is 226 g/mol.